The number of guanidine groups is 1. The Kier molecular flexibility index (Phi) is 5.47. The molecule has 1 rings (SSSR count). The molecule has 1 saturated carbocycles. The van der Waals surface area contributed by atoms with Crippen molar-refractivity contribution in [2.75, 3.05) is 27.3 Å². The zero-order chi connectivity index (χ0) is 11.1. The van der Waals surface area contributed by atoms with E-state index in [1.807, 2.05) is 11.9 Å². The highest BCUT2D eigenvalue weighted by Gasteiger charge is 2.13. The van der Waals surface area contributed by atoms with Gasteiger partial charge in [-0.05, 0) is 12.8 Å². The maximum Gasteiger partial charge on any atom is 0.191 e. The Bertz CT molecular complexity index is 200. The molecular formula is C11H23N3O. The van der Waals surface area contributed by atoms with Crippen LogP contribution in [0.5, 0.6) is 0 Å². The molecule has 0 atom stereocenters. The van der Waals surface area contributed by atoms with Gasteiger partial charge in [-0.25, -0.2) is 4.99 Å². The van der Waals surface area contributed by atoms with Gasteiger partial charge in [-0.1, -0.05) is 19.3 Å². The van der Waals surface area contributed by atoms with Gasteiger partial charge in [0, 0.05) is 20.7 Å². The predicted octanol–water partition coefficient (Wildman–Crippen LogP) is 1.21. The number of nitrogens with zero attached hydrogens (tertiary/aromatic N) is 2. The van der Waals surface area contributed by atoms with E-state index in [9.17, 15) is 0 Å². The Morgan fingerprint density at radius 3 is 2.67 bits per heavy atom. The maximum atomic E-state index is 5.91. The minimum atomic E-state index is 0.448. The van der Waals surface area contributed by atoms with E-state index < -0.39 is 0 Å². The SMILES string of the molecule is COCCN(C)C(N)=NC1CCCCC1. The number of ether oxygens (including phenoxy) is 1. The van der Waals surface area contributed by atoms with Crippen molar-refractivity contribution in [3.05, 3.63) is 0 Å². The van der Waals surface area contributed by atoms with Crippen LogP contribution < -0.4 is 5.73 Å². The van der Waals surface area contributed by atoms with Crippen LogP contribution in [0.2, 0.25) is 0 Å². The first-order valence-corrected chi connectivity index (χ1v) is 5.77. The summed E-state index contributed by atoms with van der Waals surface area (Å²) in [7, 11) is 3.66. The molecule has 0 unspecified atom stereocenters. The van der Waals surface area contributed by atoms with Crippen LogP contribution in [0.4, 0.5) is 0 Å². The molecule has 0 spiro atoms. The lowest BCUT2D eigenvalue weighted by molar-refractivity contribution is 0.182. The lowest BCUT2D eigenvalue weighted by Gasteiger charge is -2.22. The molecule has 4 nitrogen and oxygen atoms in total. The molecule has 0 radical (unpaired) electrons. The third kappa shape index (κ3) is 4.51. The highest BCUT2D eigenvalue weighted by Crippen LogP contribution is 2.20. The van der Waals surface area contributed by atoms with Gasteiger partial charge in [-0.3, -0.25) is 0 Å². The third-order valence-corrected chi connectivity index (χ3v) is 2.91. The molecule has 15 heavy (non-hydrogen) atoms. The topological polar surface area (TPSA) is 50.9 Å². The molecule has 2 N–H and O–H groups in total. The fourth-order valence-corrected chi connectivity index (χ4v) is 1.84. The van der Waals surface area contributed by atoms with Crippen LogP contribution >= 0.6 is 0 Å². The van der Waals surface area contributed by atoms with E-state index in [0.29, 0.717) is 18.6 Å². The van der Waals surface area contributed by atoms with Crippen LogP contribution in [0.15, 0.2) is 4.99 Å². The van der Waals surface area contributed by atoms with Crippen LogP contribution in [0.3, 0.4) is 0 Å². The van der Waals surface area contributed by atoms with Crippen molar-refractivity contribution in [1.82, 2.24) is 4.90 Å². The normalized spacial score (nSPS) is 19.2. The molecule has 0 aromatic rings. The Morgan fingerprint density at radius 1 is 1.40 bits per heavy atom. The molecule has 1 fully saturated rings. The molecule has 0 aromatic heterocycles. The number of hydrogen-bond donors (Lipinski definition) is 1. The van der Waals surface area contributed by atoms with E-state index in [2.05, 4.69) is 4.99 Å². The Morgan fingerprint density at radius 2 is 2.07 bits per heavy atom. The summed E-state index contributed by atoms with van der Waals surface area (Å²) < 4.78 is 5.00. The summed E-state index contributed by atoms with van der Waals surface area (Å²) in [6.07, 6.45) is 6.33. The predicted molar refractivity (Wildman–Crippen MR) is 63.0 cm³/mol. The quantitative estimate of drug-likeness (QED) is 0.564. The van der Waals surface area contributed by atoms with Crippen molar-refractivity contribution in [3.8, 4) is 0 Å². The maximum absolute atomic E-state index is 5.91. The van der Waals surface area contributed by atoms with Crippen LogP contribution in [0.1, 0.15) is 32.1 Å². The second kappa shape index (κ2) is 6.67. The average Bonchev–Trinajstić information content (AvgIpc) is 2.27. The van der Waals surface area contributed by atoms with E-state index in [0.717, 1.165) is 6.54 Å². The molecule has 4 heteroatoms. The molecule has 0 heterocycles. The zero-order valence-electron chi connectivity index (χ0n) is 9.91. The number of methoxy groups -OCH3 is 1. The Balaban J connectivity index is 2.35. The fraction of sp³-hybridized carbons (Fsp3) is 0.909. The summed E-state index contributed by atoms with van der Waals surface area (Å²) in [6, 6.07) is 0.448. The van der Waals surface area contributed by atoms with Gasteiger partial charge in [-0.2, -0.15) is 0 Å². The van der Waals surface area contributed by atoms with E-state index in [4.69, 9.17) is 10.5 Å². The molecule has 0 amide bonds. The Labute approximate surface area is 92.5 Å². The second-order valence-electron chi connectivity index (χ2n) is 4.19. The van der Waals surface area contributed by atoms with E-state index in [1.165, 1.54) is 32.1 Å². The van der Waals surface area contributed by atoms with Gasteiger partial charge < -0.3 is 15.4 Å². The molecule has 0 bridgehead atoms. The summed E-state index contributed by atoms with van der Waals surface area (Å²) >= 11 is 0. The minimum Gasteiger partial charge on any atom is -0.383 e. The highest BCUT2D eigenvalue weighted by molar-refractivity contribution is 5.77. The smallest absolute Gasteiger partial charge is 0.191 e. The minimum absolute atomic E-state index is 0.448. The van der Waals surface area contributed by atoms with Crippen LogP contribution in [0, 0.1) is 0 Å². The van der Waals surface area contributed by atoms with Crippen molar-refractivity contribution in [2.45, 2.75) is 38.1 Å². The second-order valence-corrected chi connectivity index (χ2v) is 4.19. The first-order valence-electron chi connectivity index (χ1n) is 5.77. The lowest BCUT2D eigenvalue weighted by Crippen LogP contribution is -2.37. The summed E-state index contributed by atoms with van der Waals surface area (Å²) in [5.41, 5.74) is 5.91. The van der Waals surface area contributed by atoms with Gasteiger partial charge in [0.2, 0.25) is 0 Å². The standard InChI is InChI=1S/C11H23N3O/c1-14(8-9-15-2)11(12)13-10-6-4-3-5-7-10/h10H,3-9H2,1-2H3,(H2,12,13). The van der Waals surface area contributed by atoms with Gasteiger partial charge >= 0.3 is 0 Å². The third-order valence-electron chi connectivity index (χ3n) is 2.91. The van der Waals surface area contributed by atoms with Crippen LogP contribution in [0.25, 0.3) is 0 Å². The molecular weight excluding hydrogens is 190 g/mol. The summed E-state index contributed by atoms with van der Waals surface area (Å²) in [4.78, 5) is 6.51. The molecule has 1 aliphatic rings. The van der Waals surface area contributed by atoms with Crippen LogP contribution in [-0.2, 0) is 4.74 Å². The van der Waals surface area contributed by atoms with Crippen molar-refractivity contribution in [2.24, 2.45) is 10.7 Å². The highest BCUT2D eigenvalue weighted by atomic mass is 16.5. The van der Waals surface area contributed by atoms with Gasteiger partial charge in [0.15, 0.2) is 5.96 Å². The molecule has 0 aromatic carbocycles. The zero-order valence-corrected chi connectivity index (χ0v) is 9.91. The number of nitrogens with two attached hydrogens (primary N) is 1. The average molecular weight is 213 g/mol. The van der Waals surface area contributed by atoms with Crippen molar-refractivity contribution in [3.63, 3.8) is 0 Å². The van der Waals surface area contributed by atoms with Gasteiger partial charge in [0.1, 0.15) is 0 Å². The number of hydrogen-bond acceptors (Lipinski definition) is 2. The van der Waals surface area contributed by atoms with Gasteiger partial charge in [-0.15, -0.1) is 0 Å². The van der Waals surface area contributed by atoms with E-state index in [1.54, 1.807) is 7.11 Å². The van der Waals surface area contributed by atoms with E-state index >= 15 is 0 Å². The summed E-state index contributed by atoms with van der Waals surface area (Å²) in [5.74, 6) is 0.652. The lowest BCUT2D eigenvalue weighted by atomic mass is 9.96. The monoisotopic (exact) mass is 213 g/mol. The molecule has 1 aliphatic carbocycles. The van der Waals surface area contributed by atoms with Gasteiger partial charge in [0.05, 0.1) is 12.6 Å². The first-order chi connectivity index (χ1) is 7.24. The largest absolute Gasteiger partial charge is 0.383 e. The summed E-state index contributed by atoms with van der Waals surface area (Å²) in [5, 5.41) is 0. The van der Waals surface area contributed by atoms with E-state index in [-0.39, 0.29) is 0 Å². The van der Waals surface area contributed by atoms with Gasteiger partial charge in [0.25, 0.3) is 0 Å². The number of likely N-dealkylation sites (N-methyl/N-ethyl adjacent to an activating group) is 1. The first kappa shape index (κ1) is 12.3. The van der Waals surface area contributed by atoms with Crippen LogP contribution in [-0.4, -0.2) is 44.2 Å². The number of aliphatic imine (C=N–C) groups is 1. The summed E-state index contributed by atoms with van der Waals surface area (Å²) in [6.45, 7) is 1.50. The van der Waals surface area contributed by atoms with Crippen molar-refractivity contribution >= 4 is 5.96 Å². The molecule has 0 aliphatic heterocycles. The van der Waals surface area contributed by atoms with Crippen molar-refractivity contribution in [1.29, 1.82) is 0 Å². The molecule has 0 saturated heterocycles. The number of rotatable bonds is 4. The molecule has 88 valence electrons. The fourth-order valence-electron chi connectivity index (χ4n) is 1.84. The van der Waals surface area contributed by atoms with Crippen molar-refractivity contribution < 1.29 is 4.74 Å². The Hall–Kier alpha value is -0.770.